The van der Waals surface area contributed by atoms with Gasteiger partial charge in [0.1, 0.15) is 12.3 Å². The number of benzene rings is 1. The van der Waals surface area contributed by atoms with E-state index in [1.54, 1.807) is 6.26 Å². The van der Waals surface area contributed by atoms with Crippen molar-refractivity contribution in [3.63, 3.8) is 0 Å². The van der Waals surface area contributed by atoms with Crippen LogP contribution in [0, 0.1) is 6.92 Å². The second kappa shape index (κ2) is 9.93. The maximum atomic E-state index is 13.1. The van der Waals surface area contributed by atoms with Gasteiger partial charge in [0, 0.05) is 23.7 Å². The predicted octanol–water partition coefficient (Wildman–Crippen LogP) is 4.75. The first-order valence-corrected chi connectivity index (χ1v) is 12.3. The predicted molar refractivity (Wildman–Crippen MR) is 130 cm³/mol. The lowest BCUT2D eigenvalue weighted by Gasteiger charge is -2.39. The lowest BCUT2D eigenvalue weighted by molar-refractivity contribution is 0.0842. The van der Waals surface area contributed by atoms with Gasteiger partial charge in [0.25, 0.3) is 5.56 Å². The number of furan rings is 1. The molecule has 34 heavy (non-hydrogen) atoms. The smallest absolute Gasteiger partial charge is 0.252 e. The summed E-state index contributed by atoms with van der Waals surface area (Å²) >= 11 is 0. The Morgan fingerprint density at radius 3 is 2.82 bits per heavy atom. The van der Waals surface area contributed by atoms with Crippen LogP contribution in [0.5, 0.6) is 0 Å². The minimum atomic E-state index is -0.0257. The molecule has 8 nitrogen and oxygen atoms in total. The normalized spacial score (nSPS) is 15.9. The zero-order valence-electron chi connectivity index (χ0n) is 19.9. The quantitative estimate of drug-likeness (QED) is 0.408. The molecule has 3 aromatic heterocycles. The number of pyridine rings is 1. The first-order chi connectivity index (χ1) is 16.6. The summed E-state index contributed by atoms with van der Waals surface area (Å²) in [4.78, 5) is 18.6. The number of hydrogen-bond acceptors (Lipinski definition) is 6. The second-order valence-electron chi connectivity index (χ2n) is 9.38. The zero-order valence-corrected chi connectivity index (χ0v) is 19.9. The molecular formula is C26H32N6O2. The number of aryl methyl sites for hydroxylation is 1. The topological polar surface area (TPSA) is 92.8 Å². The number of aromatic nitrogens is 5. The van der Waals surface area contributed by atoms with Crippen molar-refractivity contribution in [3.8, 4) is 0 Å². The molecule has 1 fully saturated rings. The molecule has 1 aliphatic carbocycles. The van der Waals surface area contributed by atoms with Crippen LogP contribution in [-0.2, 0) is 13.1 Å². The number of rotatable bonds is 8. The average molecular weight is 461 g/mol. The Labute approximate surface area is 199 Å². The Bertz CT molecular complexity index is 1290. The van der Waals surface area contributed by atoms with Crippen LogP contribution in [0.1, 0.15) is 74.2 Å². The Hall–Kier alpha value is -3.26. The lowest BCUT2D eigenvalue weighted by atomic mass is 9.92. The molecule has 4 aromatic rings. The second-order valence-corrected chi connectivity index (χ2v) is 9.38. The molecule has 0 saturated heterocycles. The maximum absolute atomic E-state index is 13.1. The fraction of sp³-hybridized carbons (Fsp3) is 0.462. The third-order valence-electron chi connectivity index (χ3n) is 7.00. The van der Waals surface area contributed by atoms with Gasteiger partial charge in [0.05, 0.1) is 12.3 Å². The highest BCUT2D eigenvalue weighted by Crippen LogP contribution is 2.33. The van der Waals surface area contributed by atoms with Crippen molar-refractivity contribution < 1.29 is 4.42 Å². The van der Waals surface area contributed by atoms with Crippen molar-refractivity contribution in [2.45, 2.75) is 77.5 Å². The maximum Gasteiger partial charge on any atom is 0.252 e. The van der Waals surface area contributed by atoms with Crippen LogP contribution in [0.15, 0.2) is 51.9 Å². The Kier molecular flexibility index (Phi) is 6.58. The summed E-state index contributed by atoms with van der Waals surface area (Å²) in [6.07, 6.45) is 8.46. The van der Waals surface area contributed by atoms with Crippen LogP contribution >= 0.6 is 0 Å². The summed E-state index contributed by atoms with van der Waals surface area (Å²) in [7, 11) is 0. The Balaban J connectivity index is 1.51. The van der Waals surface area contributed by atoms with Crippen molar-refractivity contribution in [1.82, 2.24) is 30.1 Å². The molecule has 0 spiro atoms. The van der Waals surface area contributed by atoms with Gasteiger partial charge in [-0.05, 0) is 72.3 Å². The van der Waals surface area contributed by atoms with Gasteiger partial charge >= 0.3 is 0 Å². The molecule has 3 heterocycles. The van der Waals surface area contributed by atoms with E-state index in [1.807, 2.05) is 28.9 Å². The van der Waals surface area contributed by atoms with E-state index < -0.39 is 0 Å². The molecule has 178 valence electrons. The fourth-order valence-corrected chi connectivity index (χ4v) is 5.27. The molecule has 0 radical (unpaired) electrons. The van der Waals surface area contributed by atoms with Crippen LogP contribution in [-0.4, -0.2) is 36.1 Å². The van der Waals surface area contributed by atoms with E-state index in [2.05, 4.69) is 51.4 Å². The number of tetrazole rings is 1. The van der Waals surface area contributed by atoms with Crippen molar-refractivity contribution in [1.29, 1.82) is 0 Å². The highest BCUT2D eigenvalue weighted by molar-refractivity contribution is 5.79. The van der Waals surface area contributed by atoms with Gasteiger partial charge in [-0.25, -0.2) is 4.68 Å². The number of fused-ring (bicyclic) bond motifs is 1. The van der Waals surface area contributed by atoms with E-state index in [9.17, 15) is 4.79 Å². The minimum absolute atomic E-state index is 0.000619. The van der Waals surface area contributed by atoms with Gasteiger partial charge in [-0.3, -0.25) is 9.69 Å². The van der Waals surface area contributed by atoms with Crippen molar-refractivity contribution in [2.24, 2.45) is 0 Å². The molecule has 0 amide bonds. The SMILES string of the molecule is CC[C@H](c1nnnn1Cc1ccco1)N(Cc1cc2cc(C)ccc2[nH]c1=O)C1CCCCC1. The number of hydrogen-bond donors (Lipinski definition) is 1. The molecule has 1 saturated carbocycles. The summed E-state index contributed by atoms with van der Waals surface area (Å²) < 4.78 is 7.37. The standard InChI is InChI=1S/C26H32N6O2/c1-3-24(25-28-29-30-32(25)17-22-10-7-13-34-22)31(21-8-5-4-6-9-21)16-20-15-19-14-18(2)11-12-23(19)27-26(20)33/h7,10-15,21,24H,3-6,8-9,16-17H2,1-2H3,(H,27,33)/t24-/m1/s1. The molecule has 0 aliphatic heterocycles. The number of nitrogens with zero attached hydrogens (tertiary/aromatic N) is 5. The zero-order chi connectivity index (χ0) is 23.5. The molecule has 1 aliphatic rings. The summed E-state index contributed by atoms with van der Waals surface area (Å²) in [5.41, 5.74) is 2.81. The van der Waals surface area contributed by atoms with Gasteiger partial charge in [0.2, 0.25) is 0 Å². The van der Waals surface area contributed by atoms with Crippen LogP contribution in [0.3, 0.4) is 0 Å². The van der Waals surface area contributed by atoms with E-state index in [4.69, 9.17) is 4.42 Å². The number of nitrogens with one attached hydrogen (secondary N) is 1. The fourth-order valence-electron chi connectivity index (χ4n) is 5.27. The van der Waals surface area contributed by atoms with Crippen LogP contribution in [0.2, 0.25) is 0 Å². The molecule has 1 aromatic carbocycles. The first kappa shape index (κ1) is 22.5. The van der Waals surface area contributed by atoms with Gasteiger partial charge in [-0.2, -0.15) is 0 Å². The van der Waals surface area contributed by atoms with Crippen LogP contribution in [0.25, 0.3) is 10.9 Å². The van der Waals surface area contributed by atoms with Gasteiger partial charge in [-0.1, -0.05) is 37.8 Å². The van der Waals surface area contributed by atoms with Gasteiger partial charge < -0.3 is 9.40 Å². The van der Waals surface area contributed by atoms with E-state index in [-0.39, 0.29) is 11.6 Å². The third kappa shape index (κ3) is 4.68. The van der Waals surface area contributed by atoms with E-state index in [1.165, 1.54) is 24.8 Å². The first-order valence-electron chi connectivity index (χ1n) is 12.3. The van der Waals surface area contributed by atoms with Crippen molar-refractivity contribution in [3.05, 3.63) is 75.7 Å². The van der Waals surface area contributed by atoms with Crippen molar-refractivity contribution >= 4 is 10.9 Å². The third-order valence-corrected chi connectivity index (χ3v) is 7.00. The highest BCUT2D eigenvalue weighted by atomic mass is 16.3. The summed E-state index contributed by atoms with van der Waals surface area (Å²) in [6, 6.07) is 12.4. The molecule has 1 atom stereocenters. The molecule has 0 unspecified atom stereocenters. The van der Waals surface area contributed by atoms with Crippen molar-refractivity contribution in [2.75, 3.05) is 0 Å². The largest absolute Gasteiger partial charge is 0.467 e. The van der Waals surface area contributed by atoms with E-state index in [0.717, 1.165) is 47.3 Å². The number of aromatic amines is 1. The minimum Gasteiger partial charge on any atom is -0.467 e. The average Bonchev–Trinajstić information content (AvgIpc) is 3.53. The van der Waals surface area contributed by atoms with Gasteiger partial charge in [0.15, 0.2) is 5.82 Å². The summed E-state index contributed by atoms with van der Waals surface area (Å²) in [5.74, 6) is 1.63. The van der Waals surface area contributed by atoms with Crippen LogP contribution in [0.4, 0.5) is 0 Å². The summed E-state index contributed by atoms with van der Waals surface area (Å²) in [6.45, 7) is 5.29. The Morgan fingerprint density at radius 1 is 1.21 bits per heavy atom. The van der Waals surface area contributed by atoms with Crippen LogP contribution < -0.4 is 5.56 Å². The van der Waals surface area contributed by atoms with E-state index in [0.29, 0.717) is 19.1 Å². The molecular weight excluding hydrogens is 428 g/mol. The lowest BCUT2D eigenvalue weighted by Crippen LogP contribution is -2.41. The number of H-pyrrole nitrogens is 1. The van der Waals surface area contributed by atoms with E-state index >= 15 is 0 Å². The molecule has 8 heteroatoms. The van der Waals surface area contributed by atoms with Gasteiger partial charge in [-0.15, -0.1) is 5.10 Å². The molecule has 0 bridgehead atoms. The molecule has 1 N–H and O–H groups in total. The monoisotopic (exact) mass is 460 g/mol. The Morgan fingerprint density at radius 2 is 2.06 bits per heavy atom. The summed E-state index contributed by atoms with van der Waals surface area (Å²) in [5, 5.41) is 13.8. The highest BCUT2D eigenvalue weighted by Gasteiger charge is 2.32. The molecule has 5 rings (SSSR count).